The number of carbonyl (C=O) groups excluding carboxylic acids is 1. The van der Waals surface area contributed by atoms with Crippen molar-refractivity contribution in [3.8, 4) is 0 Å². The molecule has 2 aromatic rings. The monoisotopic (exact) mass is 398 g/mol. The van der Waals surface area contributed by atoms with Crippen molar-refractivity contribution in [3.63, 3.8) is 0 Å². The number of nitrogens with zero attached hydrogens (tertiary/aromatic N) is 3. The molecule has 7 nitrogen and oxygen atoms in total. The van der Waals surface area contributed by atoms with Crippen molar-refractivity contribution >= 4 is 5.91 Å². The smallest absolute Gasteiger partial charge is 0.223 e. The van der Waals surface area contributed by atoms with Crippen molar-refractivity contribution in [2.24, 2.45) is 5.92 Å². The van der Waals surface area contributed by atoms with E-state index in [1.165, 1.54) is 5.56 Å². The van der Waals surface area contributed by atoms with E-state index in [2.05, 4.69) is 34.4 Å². The highest BCUT2D eigenvalue weighted by molar-refractivity contribution is 5.79. The van der Waals surface area contributed by atoms with Crippen molar-refractivity contribution in [1.29, 1.82) is 0 Å². The van der Waals surface area contributed by atoms with E-state index in [4.69, 9.17) is 4.74 Å². The molecule has 2 atom stereocenters. The third-order valence-electron chi connectivity index (χ3n) is 6.34. The zero-order valence-electron chi connectivity index (χ0n) is 16.9. The molecule has 0 spiro atoms. The normalized spacial score (nSPS) is 29.9. The van der Waals surface area contributed by atoms with Crippen LogP contribution in [0.5, 0.6) is 0 Å². The number of carbonyl (C=O) groups is 1. The van der Waals surface area contributed by atoms with E-state index in [-0.39, 0.29) is 24.5 Å². The van der Waals surface area contributed by atoms with Gasteiger partial charge in [-0.3, -0.25) is 14.4 Å². The molecular weight excluding hydrogens is 368 g/mol. The quantitative estimate of drug-likeness (QED) is 0.741. The van der Waals surface area contributed by atoms with Crippen LogP contribution in [-0.4, -0.2) is 63.6 Å². The van der Waals surface area contributed by atoms with Gasteiger partial charge in [0.05, 0.1) is 31.4 Å². The first-order chi connectivity index (χ1) is 14.1. The van der Waals surface area contributed by atoms with Crippen molar-refractivity contribution in [1.82, 2.24) is 20.0 Å². The predicted molar refractivity (Wildman–Crippen MR) is 109 cm³/mol. The Kier molecular flexibility index (Phi) is 5.99. The molecule has 2 fully saturated rings. The van der Waals surface area contributed by atoms with Crippen molar-refractivity contribution < 1.29 is 14.6 Å². The van der Waals surface area contributed by atoms with Crippen LogP contribution in [0.15, 0.2) is 48.8 Å². The van der Waals surface area contributed by atoms with E-state index in [1.54, 1.807) is 6.20 Å². The van der Waals surface area contributed by atoms with Crippen LogP contribution in [0, 0.1) is 5.92 Å². The molecule has 2 N–H and O–H groups in total. The number of rotatable bonds is 7. The molecule has 2 heterocycles. The van der Waals surface area contributed by atoms with Gasteiger partial charge in [-0.2, -0.15) is 5.10 Å². The average molecular weight is 399 g/mol. The fraction of sp³-hybridized carbons (Fsp3) is 0.545. The summed E-state index contributed by atoms with van der Waals surface area (Å²) in [5, 5.41) is 17.7. The molecule has 1 aliphatic carbocycles. The van der Waals surface area contributed by atoms with E-state index in [0.717, 1.165) is 12.8 Å². The molecule has 4 rings (SSSR count). The van der Waals surface area contributed by atoms with Crippen LogP contribution in [0.25, 0.3) is 0 Å². The van der Waals surface area contributed by atoms with E-state index < -0.39 is 5.54 Å². The number of nitrogens with one attached hydrogen (secondary N) is 1. The summed E-state index contributed by atoms with van der Waals surface area (Å²) in [6.45, 7) is 4.16. The number of morpholine rings is 1. The number of hydrogen-bond donors (Lipinski definition) is 2. The number of aromatic nitrogens is 2. The lowest BCUT2D eigenvalue weighted by Crippen LogP contribution is -2.67. The molecule has 7 heteroatoms. The number of benzene rings is 1. The molecule has 1 saturated heterocycles. The van der Waals surface area contributed by atoms with Gasteiger partial charge in [-0.1, -0.05) is 30.3 Å². The first-order valence-electron chi connectivity index (χ1n) is 10.4. The molecule has 1 aliphatic heterocycles. The highest BCUT2D eigenvalue weighted by Gasteiger charge is 2.44. The topological polar surface area (TPSA) is 79.6 Å². The van der Waals surface area contributed by atoms with Gasteiger partial charge in [0, 0.05) is 37.4 Å². The Morgan fingerprint density at radius 3 is 2.79 bits per heavy atom. The summed E-state index contributed by atoms with van der Waals surface area (Å²) >= 11 is 0. The minimum absolute atomic E-state index is 0.00412. The van der Waals surface area contributed by atoms with Gasteiger partial charge in [-0.05, 0) is 31.4 Å². The van der Waals surface area contributed by atoms with E-state index >= 15 is 0 Å². The van der Waals surface area contributed by atoms with Gasteiger partial charge in [0.25, 0.3) is 0 Å². The standard InChI is InChI=1S/C22H30N4O3/c1-17-13-29-16-22(15-27,25(17)12-18-6-3-2-4-7-18)14-23-21(28)19-10-20(11-19)26-9-5-8-24-26/h2-9,17,19-20,27H,10-16H2,1H3,(H,23,28)/t17-,19?,20?,22+/m1/s1. The van der Waals surface area contributed by atoms with Gasteiger partial charge in [0.1, 0.15) is 0 Å². The van der Waals surface area contributed by atoms with Crippen LogP contribution in [0.2, 0.25) is 0 Å². The Morgan fingerprint density at radius 1 is 1.31 bits per heavy atom. The minimum Gasteiger partial charge on any atom is -0.394 e. The van der Waals surface area contributed by atoms with Gasteiger partial charge >= 0.3 is 0 Å². The third-order valence-corrected chi connectivity index (χ3v) is 6.34. The molecule has 0 bridgehead atoms. The van der Waals surface area contributed by atoms with Crippen LogP contribution in [-0.2, 0) is 16.1 Å². The van der Waals surface area contributed by atoms with Crippen LogP contribution >= 0.6 is 0 Å². The fourth-order valence-electron chi connectivity index (χ4n) is 4.42. The third kappa shape index (κ3) is 4.22. The second kappa shape index (κ2) is 8.65. The van der Waals surface area contributed by atoms with Crippen molar-refractivity contribution in [2.75, 3.05) is 26.4 Å². The molecular formula is C22H30N4O3. The highest BCUT2D eigenvalue weighted by Crippen LogP contribution is 2.37. The van der Waals surface area contributed by atoms with Crippen molar-refractivity contribution in [2.45, 2.75) is 43.9 Å². The maximum absolute atomic E-state index is 12.7. The Bertz CT molecular complexity index is 792. The van der Waals surface area contributed by atoms with Crippen LogP contribution < -0.4 is 5.32 Å². The number of hydrogen-bond acceptors (Lipinski definition) is 5. The molecule has 29 heavy (non-hydrogen) atoms. The van der Waals surface area contributed by atoms with Gasteiger partial charge in [0.2, 0.25) is 5.91 Å². The maximum Gasteiger partial charge on any atom is 0.223 e. The SMILES string of the molecule is C[C@@H]1COC[C@@](CO)(CNC(=O)C2CC(n3cccn3)C2)N1Cc1ccccc1. The Labute approximate surface area is 171 Å². The first kappa shape index (κ1) is 20.1. The van der Waals surface area contributed by atoms with Crippen molar-refractivity contribution in [3.05, 3.63) is 54.4 Å². The summed E-state index contributed by atoms with van der Waals surface area (Å²) in [7, 11) is 0. The van der Waals surface area contributed by atoms with E-state index in [1.807, 2.05) is 35.1 Å². The minimum atomic E-state index is -0.617. The summed E-state index contributed by atoms with van der Waals surface area (Å²) in [4.78, 5) is 15.0. The Hall–Kier alpha value is -2.22. The molecule has 0 radical (unpaired) electrons. The van der Waals surface area contributed by atoms with E-state index in [0.29, 0.717) is 32.3 Å². The fourth-order valence-corrected chi connectivity index (χ4v) is 4.42. The predicted octanol–water partition coefficient (Wildman–Crippen LogP) is 1.60. The lowest BCUT2D eigenvalue weighted by molar-refractivity contribution is -0.137. The zero-order valence-corrected chi connectivity index (χ0v) is 16.9. The van der Waals surface area contributed by atoms with Crippen LogP contribution in [0.1, 0.15) is 31.4 Å². The van der Waals surface area contributed by atoms with Crippen LogP contribution in [0.3, 0.4) is 0 Å². The van der Waals surface area contributed by atoms with Crippen LogP contribution in [0.4, 0.5) is 0 Å². The second-order valence-corrected chi connectivity index (χ2v) is 8.39. The van der Waals surface area contributed by atoms with Gasteiger partial charge < -0.3 is 15.2 Å². The first-order valence-corrected chi connectivity index (χ1v) is 10.4. The number of amides is 1. The lowest BCUT2D eigenvalue weighted by atomic mass is 9.79. The Balaban J connectivity index is 1.38. The largest absolute Gasteiger partial charge is 0.394 e. The maximum atomic E-state index is 12.7. The summed E-state index contributed by atoms with van der Waals surface area (Å²) in [6, 6.07) is 12.6. The van der Waals surface area contributed by atoms with Gasteiger partial charge in [-0.15, -0.1) is 0 Å². The highest BCUT2D eigenvalue weighted by atomic mass is 16.5. The molecule has 156 valence electrons. The summed E-state index contributed by atoms with van der Waals surface area (Å²) in [6.07, 6.45) is 5.33. The molecule has 2 aliphatic rings. The van der Waals surface area contributed by atoms with Gasteiger partial charge in [-0.25, -0.2) is 0 Å². The number of ether oxygens (including phenoxy) is 1. The summed E-state index contributed by atoms with van der Waals surface area (Å²) in [5.74, 6) is 0.0589. The van der Waals surface area contributed by atoms with Gasteiger partial charge in [0.15, 0.2) is 0 Å². The molecule has 0 unspecified atom stereocenters. The number of aliphatic hydroxyl groups is 1. The average Bonchev–Trinajstić information content (AvgIpc) is 3.22. The lowest BCUT2D eigenvalue weighted by Gasteiger charge is -2.49. The molecule has 1 saturated carbocycles. The van der Waals surface area contributed by atoms with E-state index in [9.17, 15) is 9.90 Å². The summed E-state index contributed by atoms with van der Waals surface area (Å²) in [5.41, 5.74) is 0.570. The molecule has 1 amide bonds. The zero-order chi connectivity index (χ0) is 20.3. The second-order valence-electron chi connectivity index (χ2n) is 8.39. The molecule has 1 aromatic heterocycles. The molecule has 1 aromatic carbocycles. The Morgan fingerprint density at radius 2 is 2.10 bits per heavy atom. The number of aliphatic hydroxyl groups excluding tert-OH is 1. The summed E-state index contributed by atoms with van der Waals surface area (Å²) < 4.78 is 7.72.